The van der Waals surface area contributed by atoms with E-state index in [1.807, 2.05) is 13.0 Å². The maximum absolute atomic E-state index is 12.4. The predicted molar refractivity (Wildman–Crippen MR) is 117 cm³/mol. The Morgan fingerprint density at radius 3 is 2.58 bits per heavy atom. The zero-order valence-corrected chi connectivity index (χ0v) is 17.8. The molecule has 4 aromatic heterocycles. The van der Waals surface area contributed by atoms with Crippen molar-refractivity contribution in [1.82, 2.24) is 24.5 Å². The second-order valence-electron chi connectivity index (χ2n) is 6.64. The number of thiazole rings is 1. The van der Waals surface area contributed by atoms with Crippen molar-refractivity contribution in [3.05, 3.63) is 75.8 Å². The van der Waals surface area contributed by atoms with Gasteiger partial charge in [-0.3, -0.25) is 19.1 Å². The Bertz CT molecular complexity index is 1310. The van der Waals surface area contributed by atoms with Crippen molar-refractivity contribution in [3.63, 3.8) is 0 Å². The average Bonchev–Trinajstić information content (AvgIpc) is 3.20. The molecule has 0 bridgehead atoms. The lowest BCUT2D eigenvalue weighted by atomic mass is 10.3. The van der Waals surface area contributed by atoms with Gasteiger partial charge in [0.2, 0.25) is 0 Å². The van der Waals surface area contributed by atoms with Crippen molar-refractivity contribution in [3.8, 4) is 22.1 Å². The number of carbonyl (C=O) groups excluding carboxylic acids is 1. The molecular weight excluding hydrogens is 416 g/mol. The van der Waals surface area contributed by atoms with E-state index in [9.17, 15) is 9.59 Å². The lowest BCUT2D eigenvalue weighted by Gasteiger charge is -2.09. The number of rotatable bonds is 5. The fraction of sp³-hybridized carbons (Fsp3) is 0.143. The molecule has 1 N–H and O–H groups in total. The Balaban J connectivity index is 1.46. The van der Waals surface area contributed by atoms with Crippen LogP contribution < -0.4 is 15.6 Å². The predicted octanol–water partition coefficient (Wildman–Crippen LogP) is 3.36. The highest BCUT2D eigenvalue weighted by molar-refractivity contribution is 7.15. The second-order valence-corrected chi connectivity index (χ2v) is 7.87. The standard InChI is InChI=1S/C21H18N6O3S/c1-12-23-10-16(21(29)27(12)3)20(28)26-19-5-4-15(9-25-19)30-14-6-7-22-17(8-14)18-11-24-13(2)31-18/h4-11H,1-3H3,(H,25,26,28). The van der Waals surface area contributed by atoms with Crippen LogP contribution in [0.5, 0.6) is 11.5 Å². The summed E-state index contributed by atoms with van der Waals surface area (Å²) in [6.07, 6.45) is 6.19. The Kier molecular flexibility index (Phi) is 5.54. The van der Waals surface area contributed by atoms with Crippen LogP contribution in [0.4, 0.5) is 5.82 Å². The van der Waals surface area contributed by atoms with E-state index in [0.29, 0.717) is 17.3 Å². The van der Waals surface area contributed by atoms with Crippen LogP contribution in [0, 0.1) is 13.8 Å². The van der Waals surface area contributed by atoms with E-state index < -0.39 is 11.5 Å². The van der Waals surface area contributed by atoms with Crippen LogP contribution in [0.1, 0.15) is 21.2 Å². The van der Waals surface area contributed by atoms with E-state index >= 15 is 0 Å². The van der Waals surface area contributed by atoms with Gasteiger partial charge in [0.05, 0.1) is 21.8 Å². The Morgan fingerprint density at radius 2 is 1.87 bits per heavy atom. The van der Waals surface area contributed by atoms with Crippen molar-refractivity contribution >= 4 is 23.1 Å². The maximum atomic E-state index is 12.4. The molecule has 1 amide bonds. The largest absolute Gasteiger partial charge is 0.456 e. The van der Waals surface area contributed by atoms with E-state index in [4.69, 9.17) is 4.74 Å². The monoisotopic (exact) mass is 434 g/mol. The number of anilines is 1. The quantitative estimate of drug-likeness (QED) is 0.512. The minimum atomic E-state index is -0.576. The first-order chi connectivity index (χ1) is 14.9. The number of pyridine rings is 2. The van der Waals surface area contributed by atoms with Gasteiger partial charge in [-0.25, -0.2) is 15.0 Å². The molecule has 0 aromatic carbocycles. The summed E-state index contributed by atoms with van der Waals surface area (Å²) in [4.78, 5) is 42.4. The van der Waals surface area contributed by atoms with E-state index in [2.05, 4.69) is 25.3 Å². The molecule has 31 heavy (non-hydrogen) atoms. The molecule has 0 fully saturated rings. The highest BCUT2D eigenvalue weighted by Gasteiger charge is 2.14. The summed E-state index contributed by atoms with van der Waals surface area (Å²) in [5.74, 6) is 1.32. The molecular formula is C21H18N6O3S. The first-order valence-electron chi connectivity index (χ1n) is 9.27. The number of aryl methyl sites for hydroxylation is 2. The molecule has 0 aliphatic rings. The first kappa shape index (κ1) is 20.4. The third-order valence-electron chi connectivity index (χ3n) is 4.46. The van der Waals surface area contributed by atoms with Gasteiger partial charge in [0.1, 0.15) is 28.7 Å². The first-order valence-corrected chi connectivity index (χ1v) is 10.1. The lowest BCUT2D eigenvalue weighted by Crippen LogP contribution is -2.29. The second kappa shape index (κ2) is 8.44. The van der Waals surface area contributed by atoms with Gasteiger partial charge in [-0.15, -0.1) is 11.3 Å². The highest BCUT2D eigenvalue weighted by Crippen LogP contribution is 2.28. The summed E-state index contributed by atoms with van der Waals surface area (Å²) in [5, 5.41) is 3.56. The Labute approximate surface area is 181 Å². The van der Waals surface area contributed by atoms with Gasteiger partial charge < -0.3 is 10.1 Å². The molecule has 4 heterocycles. The minimum absolute atomic E-state index is 0.0576. The van der Waals surface area contributed by atoms with E-state index in [1.165, 1.54) is 17.0 Å². The van der Waals surface area contributed by atoms with Gasteiger partial charge in [0.15, 0.2) is 0 Å². The smallest absolute Gasteiger partial charge is 0.266 e. The highest BCUT2D eigenvalue weighted by atomic mass is 32.1. The summed E-state index contributed by atoms with van der Waals surface area (Å²) in [6.45, 7) is 3.63. The molecule has 0 atom stereocenters. The molecule has 156 valence electrons. The number of nitrogens with one attached hydrogen (secondary N) is 1. The molecule has 0 spiro atoms. The number of carbonyl (C=O) groups is 1. The van der Waals surface area contributed by atoms with Crippen molar-refractivity contribution in [2.45, 2.75) is 13.8 Å². The van der Waals surface area contributed by atoms with E-state index in [1.54, 1.807) is 55.9 Å². The molecule has 4 aromatic rings. The molecule has 9 nitrogen and oxygen atoms in total. The number of nitrogens with zero attached hydrogens (tertiary/aromatic N) is 5. The van der Waals surface area contributed by atoms with Crippen LogP contribution in [0.2, 0.25) is 0 Å². The van der Waals surface area contributed by atoms with Gasteiger partial charge >= 0.3 is 0 Å². The van der Waals surface area contributed by atoms with Crippen LogP contribution >= 0.6 is 11.3 Å². The summed E-state index contributed by atoms with van der Waals surface area (Å²) in [7, 11) is 1.56. The summed E-state index contributed by atoms with van der Waals surface area (Å²) >= 11 is 1.55. The third-order valence-corrected chi connectivity index (χ3v) is 5.40. The van der Waals surface area contributed by atoms with Crippen LogP contribution in [-0.2, 0) is 7.05 Å². The normalized spacial score (nSPS) is 10.7. The van der Waals surface area contributed by atoms with Crippen LogP contribution in [-0.4, -0.2) is 30.4 Å². The molecule has 0 saturated carbocycles. The van der Waals surface area contributed by atoms with Crippen molar-refractivity contribution < 1.29 is 9.53 Å². The number of aromatic nitrogens is 5. The number of hydrogen-bond acceptors (Lipinski definition) is 8. The fourth-order valence-electron chi connectivity index (χ4n) is 2.71. The lowest BCUT2D eigenvalue weighted by molar-refractivity contribution is 0.102. The number of hydrogen-bond donors (Lipinski definition) is 1. The average molecular weight is 434 g/mol. The summed E-state index contributed by atoms with van der Waals surface area (Å²) in [6, 6.07) is 6.83. The van der Waals surface area contributed by atoms with Crippen molar-refractivity contribution in [2.24, 2.45) is 7.05 Å². The minimum Gasteiger partial charge on any atom is -0.456 e. The van der Waals surface area contributed by atoms with Gasteiger partial charge in [-0.1, -0.05) is 0 Å². The van der Waals surface area contributed by atoms with Crippen molar-refractivity contribution in [2.75, 3.05) is 5.32 Å². The molecule has 10 heteroatoms. The zero-order chi connectivity index (χ0) is 22.0. The number of amides is 1. The summed E-state index contributed by atoms with van der Waals surface area (Å²) < 4.78 is 7.16. The van der Waals surface area contributed by atoms with Crippen LogP contribution in [0.25, 0.3) is 10.6 Å². The maximum Gasteiger partial charge on any atom is 0.266 e. The van der Waals surface area contributed by atoms with E-state index in [-0.39, 0.29) is 11.4 Å². The fourth-order valence-corrected chi connectivity index (χ4v) is 3.45. The van der Waals surface area contributed by atoms with Gasteiger partial charge in [0, 0.05) is 31.7 Å². The SMILES string of the molecule is Cc1ncc(-c2cc(Oc3ccc(NC(=O)c4cnc(C)n(C)c4=O)nc3)ccn2)s1. The molecule has 0 aliphatic heterocycles. The molecule has 0 aliphatic carbocycles. The van der Waals surface area contributed by atoms with Gasteiger partial charge in [0.25, 0.3) is 11.5 Å². The van der Waals surface area contributed by atoms with Crippen LogP contribution in [0.3, 0.4) is 0 Å². The summed E-state index contributed by atoms with van der Waals surface area (Å²) in [5.41, 5.74) is 0.292. The number of ether oxygens (including phenoxy) is 1. The zero-order valence-electron chi connectivity index (χ0n) is 17.0. The van der Waals surface area contributed by atoms with Gasteiger partial charge in [-0.05, 0) is 32.0 Å². The molecule has 0 saturated heterocycles. The topological polar surface area (TPSA) is 112 Å². The molecule has 0 unspecified atom stereocenters. The molecule has 4 rings (SSSR count). The van der Waals surface area contributed by atoms with E-state index in [0.717, 1.165) is 15.6 Å². The Hall–Kier alpha value is -3.92. The molecule has 0 radical (unpaired) electrons. The van der Waals surface area contributed by atoms with Crippen molar-refractivity contribution in [1.29, 1.82) is 0 Å². The Morgan fingerprint density at radius 1 is 1.03 bits per heavy atom. The third kappa shape index (κ3) is 4.48. The van der Waals surface area contributed by atoms with Gasteiger partial charge in [-0.2, -0.15) is 0 Å². The van der Waals surface area contributed by atoms with Crippen LogP contribution in [0.15, 0.2) is 53.8 Å².